The van der Waals surface area contributed by atoms with E-state index in [1.165, 1.54) is 33.0 Å². The van der Waals surface area contributed by atoms with E-state index in [0.717, 1.165) is 13.1 Å². The van der Waals surface area contributed by atoms with E-state index in [0.29, 0.717) is 12.5 Å². The van der Waals surface area contributed by atoms with Crippen LogP contribution in [0.25, 0.3) is 0 Å². The molecular formula is C14H29N3O2. The Morgan fingerprint density at radius 3 is 2.53 bits per heavy atom. The molecular weight excluding hydrogens is 242 g/mol. The minimum atomic E-state index is -0.882. The highest BCUT2D eigenvalue weighted by Gasteiger charge is 2.30. The number of piperidine rings is 1. The third-order valence-electron chi connectivity index (χ3n) is 4.26. The second-order valence-electron chi connectivity index (χ2n) is 5.81. The van der Waals surface area contributed by atoms with Crippen LogP contribution < -0.4 is 5.73 Å². The van der Waals surface area contributed by atoms with Gasteiger partial charge in [-0.2, -0.15) is 0 Å². The topological polar surface area (TPSA) is 58.8 Å². The molecule has 5 heteroatoms. The first-order valence-electron chi connectivity index (χ1n) is 7.20. The number of likely N-dealkylation sites (tertiary alicyclic amines) is 1. The Kier molecular flexibility index (Phi) is 6.23. The van der Waals surface area contributed by atoms with Gasteiger partial charge in [-0.3, -0.25) is 4.79 Å². The molecule has 19 heavy (non-hydrogen) atoms. The van der Waals surface area contributed by atoms with Gasteiger partial charge in [0.1, 0.15) is 5.54 Å². The third kappa shape index (κ3) is 4.75. The number of carbonyl (C=O) groups excluding carboxylic acids is 1. The van der Waals surface area contributed by atoms with Crippen molar-refractivity contribution >= 4 is 5.97 Å². The smallest absolute Gasteiger partial charge is 0.325 e. The van der Waals surface area contributed by atoms with Crippen LogP contribution in [0.1, 0.15) is 33.1 Å². The number of rotatable bonds is 6. The van der Waals surface area contributed by atoms with E-state index >= 15 is 0 Å². The average molecular weight is 271 g/mol. The summed E-state index contributed by atoms with van der Waals surface area (Å²) in [5.41, 5.74) is 5.10. The van der Waals surface area contributed by atoms with Crippen LogP contribution in [0.3, 0.4) is 0 Å². The fourth-order valence-corrected chi connectivity index (χ4v) is 2.60. The van der Waals surface area contributed by atoms with E-state index in [-0.39, 0.29) is 5.97 Å². The van der Waals surface area contributed by atoms with Crippen molar-refractivity contribution in [3.8, 4) is 0 Å². The van der Waals surface area contributed by atoms with Crippen molar-refractivity contribution < 1.29 is 9.53 Å². The van der Waals surface area contributed by atoms with Crippen LogP contribution in [-0.2, 0) is 9.53 Å². The number of nitrogens with two attached hydrogens (primary N) is 1. The first-order chi connectivity index (χ1) is 8.90. The normalized spacial score (nSPS) is 21.4. The van der Waals surface area contributed by atoms with Crippen LogP contribution >= 0.6 is 0 Å². The van der Waals surface area contributed by atoms with E-state index in [4.69, 9.17) is 10.5 Å². The molecule has 1 atom stereocenters. The molecule has 0 bridgehead atoms. The first-order valence-corrected chi connectivity index (χ1v) is 7.20. The van der Waals surface area contributed by atoms with Gasteiger partial charge in [-0.25, -0.2) is 0 Å². The van der Waals surface area contributed by atoms with Gasteiger partial charge < -0.3 is 20.3 Å². The molecule has 1 fully saturated rings. The first kappa shape index (κ1) is 16.4. The van der Waals surface area contributed by atoms with Gasteiger partial charge in [-0.1, -0.05) is 6.92 Å². The number of hydrogen-bond acceptors (Lipinski definition) is 5. The van der Waals surface area contributed by atoms with Crippen molar-refractivity contribution in [1.29, 1.82) is 0 Å². The molecule has 0 aromatic heterocycles. The fraction of sp³-hybridized carbons (Fsp3) is 0.929. The van der Waals surface area contributed by atoms with Crippen LogP contribution in [0.4, 0.5) is 0 Å². The second kappa shape index (κ2) is 7.22. The molecule has 2 N–H and O–H groups in total. The fourth-order valence-electron chi connectivity index (χ4n) is 2.60. The van der Waals surface area contributed by atoms with Crippen molar-refractivity contribution in [3.05, 3.63) is 0 Å². The standard InChI is InChI=1S/C14H29N3O2/c1-5-17-9-6-12(7-10-17)16(3)11-8-14(2,15)13(18)19-4/h12H,5-11,15H2,1-4H3. The summed E-state index contributed by atoms with van der Waals surface area (Å²) in [6.07, 6.45) is 3.03. The van der Waals surface area contributed by atoms with Gasteiger partial charge in [-0.15, -0.1) is 0 Å². The summed E-state index contributed by atoms with van der Waals surface area (Å²) in [5, 5.41) is 0. The number of hydrogen-bond donors (Lipinski definition) is 1. The maximum Gasteiger partial charge on any atom is 0.325 e. The summed E-state index contributed by atoms with van der Waals surface area (Å²) in [5.74, 6) is -0.332. The summed E-state index contributed by atoms with van der Waals surface area (Å²) in [6, 6.07) is 0.608. The van der Waals surface area contributed by atoms with Gasteiger partial charge in [0.25, 0.3) is 0 Å². The molecule has 1 saturated heterocycles. The highest BCUT2D eigenvalue weighted by atomic mass is 16.5. The van der Waals surface area contributed by atoms with Gasteiger partial charge in [0.05, 0.1) is 7.11 Å². The third-order valence-corrected chi connectivity index (χ3v) is 4.26. The maximum absolute atomic E-state index is 11.5. The predicted octanol–water partition coefficient (Wildman–Crippen LogP) is 0.683. The van der Waals surface area contributed by atoms with Crippen LogP contribution in [0.15, 0.2) is 0 Å². The Labute approximate surface area is 117 Å². The van der Waals surface area contributed by atoms with E-state index in [9.17, 15) is 4.79 Å². The summed E-state index contributed by atoms with van der Waals surface area (Å²) in [7, 11) is 3.51. The lowest BCUT2D eigenvalue weighted by Crippen LogP contribution is -2.50. The summed E-state index contributed by atoms with van der Waals surface area (Å²) < 4.78 is 4.73. The van der Waals surface area contributed by atoms with Crippen LogP contribution in [0.2, 0.25) is 0 Å². The quantitative estimate of drug-likeness (QED) is 0.720. The predicted molar refractivity (Wildman–Crippen MR) is 77.0 cm³/mol. The van der Waals surface area contributed by atoms with E-state index in [1.54, 1.807) is 6.92 Å². The monoisotopic (exact) mass is 271 g/mol. The molecule has 0 radical (unpaired) electrons. The Morgan fingerprint density at radius 1 is 1.47 bits per heavy atom. The molecule has 0 amide bonds. The van der Waals surface area contributed by atoms with E-state index < -0.39 is 5.54 Å². The number of nitrogens with zero attached hydrogens (tertiary/aromatic N) is 2. The van der Waals surface area contributed by atoms with Crippen LogP contribution in [-0.4, -0.2) is 67.7 Å². The molecule has 1 unspecified atom stereocenters. The molecule has 1 aliphatic heterocycles. The average Bonchev–Trinajstić information content (AvgIpc) is 2.43. The number of ether oxygens (including phenoxy) is 1. The van der Waals surface area contributed by atoms with Gasteiger partial charge >= 0.3 is 5.97 Å². The summed E-state index contributed by atoms with van der Waals surface area (Å²) in [4.78, 5) is 16.3. The number of esters is 1. The second-order valence-corrected chi connectivity index (χ2v) is 5.81. The SMILES string of the molecule is CCN1CCC(N(C)CCC(C)(N)C(=O)OC)CC1. The van der Waals surface area contributed by atoms with Crippen LogP contribution in [0, 0.1) is 0 Å². The van der Waals surface area contributed by atoms with Crippen molar-refractivity contribution in [1.82, 2.24) is 9.80 Å². The van der Waals surface area contributed by atoms with Gasteiger partial charge in [0, 0.05) is 12.6 Å². The minimum Gasteiger partial charge on any atom is -0.468 e. The lowest BCUT2D eigenvalue weighted by Gasteiger charge is -2.37. The van der Waals surface area contributed by atoms with E-state index in [1.807, 2.05) is 0 Å². The van der Waals surface area contributed by atoms with Gasteiger partial charge in [0.15, 0.2) is 0 Å². The van der Waals surface area contributed by atoms with Gasteiger partial charge in [-0.05, 0) is 52.9 Å². The Morgan fingerprint density at radius 2 is 2.05 bits per heavy atom. The van der Waals surface area contributed by atoms with Crippen LogP contribution in [0.5, 0.6) is 0 Å². The maximum atomic E-state index is 11.5. The molecule has 0 aromatic carbocycles. The Bertz CT molecular complexity index is 286. The van der Waals surface area contributed by atoms with E-state index in [2.05, 4.69) is 23.8 Å². The van der Waals surface area contributed by atoms with Crippen molar-refractivity contribution in [2.75, 3.05) is 40.3 Å². The zero-order chi connectivity index (χ0) is 14.5. The number of carbonyl (C=O) groups is 1. The van der Waals surface area contributed by atoms with Crippen molar-refractivity contribution in [3.63, 3.8) is 0 Å². The largest absolute Gasteiger partial charge is 0.468 e. The summed E-state index contributed by atoms with van der Waals surface area (Å²) in [6.45, 7) is 8.26. The van der Waals surface area contributed by atoms with Crippen molar-refractivity contribution in [2.24, 2.45) is 5.73 Å². The van der Waals surface area contributed by atoms with Gasteiger partial charge in [0.2, 0.25) is 0 Å². The highest BCUT2D eigenvalue weighted by molar-refractivity contribution is 5.79. The highest BCUT2D eigenvalue weighted by Crippen LogP contribution is 2.17. The zero-order valence-electron chi connectivity index (χ0n) is 12.8. The summed E-state index contributed by atoms with van der Waals surface area (Å²) >= 11 is 0. The molecule has 5 nitrogen and oxygen atoms in total. The molecule has 112 valence electrons. The zero-order valence-corrected chi connectivity index (χ0v) is 12.8. The molecule has 0 saturated carbocycles. The minimum absolute atomic E-state index is 0.332. The lowest BCUT2D eigenvalue weighted by molar-refractivity contribution is -0.146. The molecule has 1 aliphatic rings. The molecule has 1 heterocycles. The lowest BCUT2D eigenvalue weighted by atomic mass is 9.97. The molecule has 1 rings (SSSR count). The molecule has 0 spiro atoms. The molecule has 0 aromatic rings. The Hall–Kier alpha value is -0.650. The Balaban J connectivity index is 2.35. The number of methoxy groups -OCH3 is 1. The van der Waals surface area contributed by atoms with Crippen molar-refractivity contribution in [2.45, 2.75) is 44.7 Å². The molecule has 0 aliphatic carbocycles.